The van der Waals surface area contributed by atoms with E-state index >= 15 is 0 Å². The third-order valence-corrected chi connectivity index (χ3v) is 4.11. The summed E-state index contributed by atoms with van der Waals surface area (Å²) in [7, 11) is 0. The Balaban J connectivity index is 1.78. The summed E-state index contributed by atoms with van der Waals surface area (Å²) in [6.45, 7) is 4.31. The molecule has 0 aromatic heterocycles. The number of nitrogens with zero attached hydrogens (tertiary/aromatic N) is 2. The summed E-state index contributed by atoms with van der Waals surface area (Å²) in [5.41, 5.74) is 2.05. The maximum atomic E-state index is 12.9. The van der Waals surface area contributed by atoms with Crippen molar-refractivity contribution >= 4 is 29.2 Å². The summed E-state index contributed by atoms with van der Waals surface area (Å²) in [5.74, 6) is -0.690. The van der Waals surface area contributed by atoms with E-state index < -0.39 is 17.4 Å². The maximum absolute atomic E-state index is 12.9. The highest BCUT2D eigenvalue weighted by Crippen LogP contribution is 2.35. The van der Waals surface area contributed by atoms with Gasteiger partial charge in [0.1, 0.15) is 17.0 Å². The number of hydrazone groups is 1. The molecular weight excluding hydrogens is 326 g/mol. The molecule has 8 nitrogen and oxygen atoms in total. The van der Waals surface area contributed by atoms with E-state index in [0.29, 0.717) is 18.0 Å². The smallest absolute Gasteiger partial charge is 0.354 e. The maximum Gasteiger partial charge on any atom is 0.354 e. The zero-order chi connectivity index (χ0) is 18.0. The van der Waals surface area contributed by atoms with E-state index in [-0.39, 0.29) is 31.1 Å². The van der Waals surface area contributed by atoms with Gasteiger partial charge in [0.25, 0.3) is 5.91 Å². The van der Waals surface area contributed by atoms with Crippen molar-refractivity contribution in [3.8, 4) is 5.75 Å². The number of imide groups is 1. The molecule has 1 fully saturated rings. The van der Waals surface area contributed by atoms with E-state index in [2.05, 4.69) is 10.5 Å². The fourth-order valence-corrected chi connectivity index (χ4v) is 2.96. The van der Waals surface area contributed by atoms with E-state index in [1.165, 1.54) is 0 Å². The lowest BCUT2D eigenvalue weighted by molar-refractivity contribution is -0.135. The SMILES string of the molecule is CCOC(=O)C1=NNC2(CC(=O)N(c3ccc(OCC)cc3)C2=O)C1. The molecule has 0 aliphatic carbocycles. The molecule has 2 heterocycles. The van der Waals surface area contributed by atoms with E-state index in [4.69, 9.17) is 9.47 Å². The number of carbonyl (C=O) groups is 3. The molecule has 8 heteroatoms. The average Bonchev–Trinajstić information content (AvgIpc) is 3.12. The molecule has 1 aromatic carbocycles. The number of anilines is 1. The molecule has 1 N–H and O–H groups in total. The number of hydrogen-bond donors (Lipinski definition) is 1. The molecule has 0 radical (unpaired) electrons. The first kappa shape index (κ1) is 16.9. The number of carbonyl (C=O) groups excluding carboxylic acids is 3. The Labute approximate surface area is 144 Å². The number of rotatable bonds is 5. The van der Waals surface area contributed by atoms with E-state index in [1.54, 1.807) is 31.2 Å². The van der Waals surface area contributed by atoms with Crippen LogP contribution in [-0.2, 0) is 19.1 Å². The van der Waals surface area contributed by atoms with Gasteiger partial charge in [-0.25, -0.2) is 9.69 Å². The summed E-state index contributed by atoms with van der Waals surface area (Å²) in [5, 5.41) is 3.91. The molecule has 1 atom stereocenters. The minimum absolute atomic E-state index is 0.0317. The van der Waals surface area contributed by atoms with Crippen LogP contribution in [0.15, 0.2) is 29.4 Å². The molecule has 3 rings (SSSR count). The lowest BCUT2D eigenvalue weighted by Crippen LogP contribution is -2.47. The highest BCUT2D eigenvalue weighted by Gasteiger charge is 2.56. The third-order valence-electron chi connectivity index (χ3n) is 4.11. The minimum Gasteiger partial charge on any atom is -0.494 e. The highest BCUT2D eigenvalue weighted by atomic mass is 16.5. The van der Waals surface area contributed by atoms with Crippen LogP contribution in [0, 0.1) is 0 Å². The molecule has 25 heavy (non-hydrogen) atoms. The molecule has 1 unspecified atom stereocenters. The zero-order valence-corrected chi connectivity index (χ0v) is 14.1. The van der Waals surface area contributed by atoms with Crippen molar-refractivity contribution in [3.05, 3.63) is 24.3 Å². The molecule has 1 spiro atoms. The number of esters is 1. The molecule has 0 saturated carbocycles. The summed E-state index contributed by atoms with van der Waals surface area (Å²) in [6, 6.07) is 6.71. The van der Waals surface area contributed by atoms with Gasteiger partial charge in [0.05, 0.1) is 25.3 Å². The van der Waals surface area contributed by atoms with Gasteiger partial charge < -0.3 is 9.47 Å². The van der Waals surface area contributed by atoms with Crippen molar-refractivity contribution in [1.29, 1.82) is 0 Å². The fraction of sp³-hybridized carbons (Fsp3) is 0.412. The third kappa shape index (κ3) is 2.95. The van der Waals surface area contributed by atoms with Gasteiger partial charge in [-0.15, -0.1) is 0 Å². The number of amides is 2. The highest BCUT2D eigenvalue weighted by molar-refractivity contribution is 6.39. The van der Waals surface area contributed by atoms with Gasteiger partial charge in [0, 0.05) is 6.42 Å². The average molecular weight is 345 g/mol. The second kappa shape index (κ2) is 6.54. The Kier molecular flexibility index (Phi) is 4.43. The Morgan fingerprint density at radius 3 is 2.56 bits per heavy atom. The monoisotopic (exact) mass is 345 g/mol. The molecule has 1 aromatic rings. The fourth-order valence-electron chi connectivity index (χ4n) is 2.96. The standard InChI is InChI=1S/C17H19N3O5/c1-3-24-12-7-5-11(6-8-12)20-14(21)10-17(16(20)23)9-13(18-19-17)15(22)25-4-2/h5-8,19H,3-4,9-10H2,1-2H3. The Morgan fingerprint density at radius 2 is 1.92 bits per heavy atom. The molecule has 2 aliphatic rings. The zero-order valence-electron chi connectivity index (χ0n) is 14.1. The first-order valence-corrected chi connectivity index (χ1v) is 8.12. The Bertz CT molecular complexity index is 743. The van der Waals surface area contributed by atoms with E-state index in [0.717, 1.165) is 4.90 Å². The van der Waals surface area contributed by atoms with Gasteiger partial charge in [0.15, 0.2) is 0 Å². The van der Waals surface area contributed by atoms with Crippen LogP contribution in [0.1, 0.15) is 26.7 Å². The number of nitrogens with one attached hydrogen (secondary N) is 1. The summed E-state index contributed by atoms with van der Waals surface area (Å²) < 4.78 is 10.3. The van der Waals surface area contributed by atoms with Crippen molar-refractivity contribution in [2.24, 2.45) is 5.10 Å². The van der Waals surface area contributed by atoms with Crippen LogP contribution in [0.25, 0.3) is 0 Å². The van der Waals surface area contributed by atoms with Gasteiger partial charge in [-0.1, -0.05) is 0 Å². The van der Waals surface area contributed by atoms with Gasteiger partial charge in [-0.3, -0.25) is 15.0 Å². The predicted molar refractivity (Wildman–Crippen MR) is 89.3 cm³/mol. The van der Waals surface area contributed by atoms with Gasteiger partial charge in [-0.2, -0.15) is 5.10 Å². The Morgan fingerprint density at radius 1 is 1.20 bits per heavy atom. The first-order valence-electron chi connectivity index (χ1n) is 8.12. The van der Waals surface area contributed by atoms with Crippen molar-refractivity contribution in [3.63, 3.8) is 0 Å². The summed E-state index contributed by atoms with van der Waals surface area (Å²) in [4.78, 5) is 38.2. The topological polar surface area (TPSA) is 97.3 Å². The van der Waals surface area contributed by atoms with Crippen LogP contribution in [0.2, 0.25) is 0 Å². The van der Waals surface area contributed by atoms with Crippen LogP contribution in [0.4, 0.5) is 5.69 Å². The molecule has 2 aliphatic heterocycles. The van der Waals surface area contributed by atoms with Crippen molar-refractivity contribution in [2.75, 3.05) is 18.1 Å². The molecule has 1 saturated heterocycles. The van der Waals surface area contributed by atoms with Crippen LogP contribution >= 0.6 is 0 Å². The Hall–Kier alpha value is -2.90. The van der Waals surface area contributed by atoms with Gasteiger partial charge >= 0.3 is 5.97 Å². The van der Waals surface area contributed by atoms with E-state index in [9.17, 15) is 14.4 Å². The minimum atomic E-state index is -1.21. The lowest BCUT2D eigenvalue weighted by Gasteiger charge is -2.21. The normalized spacial score (nSPS) is 22.2. The summed E-state index contributed by atoms with van der Waals surface area (Å²) in [6.07, 6.45) is -0.0324. The quantitative estimate of drug-likeness (QED) is 0.632. The van der Waals surface area contributed by atoms with Crippen LogP contribution < -0.4 is 15.1 Å². The summed E-state index contributed by atoms with van der Waals surface area (Å²) >= 11 is 0. The van der Waals surface area contributed by atoms with Crippen LogP contribution in [0.5, 0.6) is 5.75 Å². The largest absolute Gasteiger partial charge is 0.494 e. The van der Waals surface area contributed by atoms with Crippen LogP contribution in [-0.4, -0.2) is 42.2 Å². The molecule has 0 bridgehead atoms. The van der Waals surface area contributed by atoms with Gasteiger partial charge in [-0.05, 0) is 38.1 Å². The van der Waals surface area contributed by atoms with E-state index in [1.807, 2.05) is 6.92 Å². The second-order valence-electron chi connectivity index (χ2n) is 5.79. The number of ether oxygens (including phenoxy) is 2. The number of benzene rings is 1. The van der Waals surface area contributed by atoms with Gasteiger partial charge in [0.2, 0.25) is 5.91 Å². The van der Waals surface area contributed by atoms with Crippen LogP contribution in [0.3, 0.4) is 0 Å². The van der Waals surface area contributed by atoms with Crippen molar-refractivity contribution in [1.82, 2.24) is 5.43 Å². The second-order valence-corrected chi connectivity index (χ2v) is 5.79. The molecular formula is C17H19N3O5. The molecule has 132 valence electrons. The number of hydrogen-bond acceptors (Lipinski definition) is 7. The predicted octanol–water partition coefficient (Wildman–Crippen LogP) is 1.000. The first-order chi connectivity index (χ1) is 12.0. The van der Waals surface area contributed by atoms with Crippen molar-refractivity contribution < 1.29 is 23.9 Å². The molecule has 2 amide bonds. The lowest BCUT2D eigenvalue weighted by atomic mass is 9.93. The van der Waals surface area contributed by atoms with Crippen molar-refractivity contribution in [2.45, 2.75) is 32.2 Å².